The largest absolute Gasteiger partial charge is 0.635 e. The topological polar surface area (TPSA) is 117 Å². The number of nitrogens with one attached hydrogen (secondary N) is 2. The lowest BCUT2D eigenvalue weighted by atomic mass is 10.1. The summed E-state index contributed by atoms with van der Waals surface area (Å²) < 4.78 is 9.98. The van der Waals surface area contributed by atoms with E-state index in [0.717, 1.165) is 5.56 Å². The summed E-state index contributed by atoms with van der Waals surface area (Å²) in [7, 11) is -0.519. The molecule has 0 radical (unpaired) electrons. The lowest BCUT2D eigenvalue weighted by Crippen LogP contribution is -2.46. The number of anilines is 1. The van der Waals surface area contributed by atoms with Gasteiger partial charge in [0.15, 0.2) is 0 Å². The van der Waals surface area contributed by atoms with Crippen molar-refractivity contribution in [2.24, 2.45) is 5.92 Å². The number of carbonyl (C=O) groups is 2. The molecule has 2 atom stereocenters. The molecule has 0 aromatic heterocycles. The SMILES string of the molecule is COc1ccc(NC(=O)C(C)C(=O)N[C@@H](Cc2ccccc2)OB(O)O)cc1. The maximum atomic E-state index is 12.4. The van der Waals surface area contributed by atoms with Crippen LogP contribution < -0.4 is 15.4 Å². The minimum Gasteiger partial charge on any atom is -0.497 e. The second-order valence-corrected chi connectivity index (χ2v) is 6.09. The van der Waals surface area contributed by atoms with E-state index in [2.05, 4.69) is 10.6 Å². The van der Waals surface area contributed by atoms with Gasteiger partial charge in [0.2, 0.25) is 11.8 Å². The van der Waals surface area contributed by atoms with Crippen molar-refractivity contribution in [3.63, 3.8) is 0 Å². The van der Waals surface area contributed by atoms with Crippen molar-refractivity contribution in [3.8, 4) is 5.75 Å². The Hall–Kier alpha value is -2.88. The monoisotopic (exact) mass is 386 g/mol. The molecule has 4 N–H and O–H groups in total. The number of hydrogen-bond acceptors (Lipinski definition) is 6. The van der Waals surface area contributed by atoms with Crippen LogP contribution in [0.25, 0.3) is 0 Å². The molecule has 0 aliphatic rings. The molecule has 148 valence electrons. The molecule has 2 rings (SSSR count). The Morgan fingerprint density at radius 1 is 1.04 bits per heavy atom. The first-order valence-electron chi connectivity index (χ1n) is 8.70. The van der Waals surface area contributed by atoms with Gasteiger partial charge in [-0.05, 0) is 36.8 Å². The van der Waals surface area contributed by atoms with Crippen LogP contribution >= 0.6 is 0 Å². The van der Waals surface area contributed by atoms with Crippen LogP contribution in [0.15, 0.2) is 54.6 Å². The van der Waals surface area contributed by atoms with Crippen LogP contribution in [-0.4, -0.2) is 42.5 Å². The van der Waals surface area contributed by atoms with Crippen LogP contribution in [0.3, 0.4) is 0 Å². The maximum absolute atomic E-state index is 12.4. The van der Waals surface area contributed by atoms with Gasteiger partial charge in [-0.1, -0.05) is 30.3 Å². The number of methoxy groups -OCH3 is 1. The predicted octanol–water partition coefficient (Wildman–Crippen LogP) is 0.941. The fourth-order valence-corrected chi connectivity index (χ4v) is 2.44. The predicted molar refractivity (Wildman–Crippen MR) is 104 cm³/mol. The molecule has 0 bridgehead atoms. The highest BCUT2D eigenvalue weighted by molar-refractivity contribution is 6.32. The molecule has 2 amide bonds. The summed E-state index contributed by atoms with van der Waals surface area (Å²) in [6.45, 7) is 1.45. The van der Waals surface area contributed by atoms with Gasteiger partial charge in [-0.3, -0.25) is 9.59 Å². The lowest BCUT2D eigenvalue weighted by molar-refractivity contribution is -0.133. The van der Waals surface area contributed by atoms with E-state index in [0.29, 0.717) is 11.4 Å². The first kappa shape index (κ1) is 21.4. The highest BCUT2D eigenvalue weighted by Crippen LogP contribution is 2.16. The van der Waals surface area contributed by atoms with E-state index >= 15 is 0 Å². The summed E-state index contributed by atoms with van der Waals surface area (Å²) in [5.41, 5.74) is 1.34. The maximum Gasteiger partial charge on any atom is 0.635 e. The van der Waals surface area contributed by atoms with Crippen molar-refractivity contribution < 1.29 is 29.0 Å². The fourth-order valence-electron chi connectivity index (χ4n) is 2.44. The summed E-state index contributed by atoms with van der Waals surface area (Å²) in [5, 5.41) is 23.3. The molecule has 28 heavy (non-hydrogen) atoms. The molecule has 0 aliphatic carbocycles. The number of ether oxygens (including phenoxy) is 1. The molecular formula is C19H23BN2O6. The third-order valence-electron chi connectivity index (χ3n) is 4.00. The summed E-state index contributed by atoms with van der Waals surface area (Å²) in [6, 6.07) is 15.8. The average molecular weight is 386 g/mol. The van der Waals surface area contributed by atoms with Crippen LogP contribution in [0.2, 0.25) is 0 Å². The number of amides is 2. The highest BCUT2D eigenvalue weighted by Gasteiger charge is 2.26. The van der Waals surface area contributed by atoms with E-state index in [-0.39, 0.29) is 6.42 Å². The number of carbonyl (C=O) groups excluding carboxylic acids is 2. The zero-order chi connectivity index (χ0) is 20.5. The van der Waals surface area contributed by atoms with E-state index in [1.54, 1.807) is 24.3 Å². The standard InChI is InChI=1S/C19H23BN2O6/c1-13(18(23)21-15-8-10-16(27-2)11-9-15)19(24)22-17(28-20(25)26)12-14-6-4-3-5-7-14/h3-11,13,17,25-26H,12H2,1-2H3,(H,21,23)(H,22,24)/t13?,17-/m1/s1. The lowest BCUT2D eigenvalue weighted by Gasteiger charge is -2.21. The Bertz CT molecular complexity index is 770. The van der Waals surface area contributed by atoms with Gasteiger partial charge in [0.05, 0.1) is 7.11 Å². The van der Waals surface area contributed by atoms with Gasteiger partial charge in [0.25, 0.3) is 0 Å². The average Bonchev–Trinajstić information content (AvgIpc) is 2.68. The van der Waals surface area contributed by atoms with E-state index in [1.807, 2.05) is 30.3 Å². The van der Waals surface area contributed by atoms with E-state index in [1.165, 1.54) is 14.0 Å². The van der Waals surface area contributed by atoms with Gasteiger partial charge < -0.3 is 30.1 Å². The third-order valence-corrected chi connectivity index (χ3v) is 4.00. The highest BCUT2D eigenvalue weighted by atomic mass is 16.6. The molecular weight excluding hydrogens is 363 g/mol. The molecule has 2 aromatic carbocycles. The first-order valence-corrected chi connectivity index (χ1v) is 8.70. The summed E-state index contributed by atoms with van der Waals surface area (Å²) in [5.74, 6) is -1.50. The summed E-state index contributed by atoms with van der Waals surface area (Å²) in [4.78, 5) is 24.7. The van der Waals surface area contributed by atoms with Crippen molar-refractivity contribution in [2.45, 2.75) is 19.6 Å². The molecule has 0 spiro atoms. The zero-order valence-electron chi connectivity index (χ0n) is 15.7. The van der Waals surface area contributed by atoms with Crippen molar-refractivity contribution in [1.29, 1.82) is 0 Å². The Morgan fingerprint density at radius 2 is 1.68 bits per heavy atom. The Labute approximate surface area is 163 Å². The van der Waals surface area contributed by atoms with E-state index in [4.69, 9.17) is 19.4 Å². The fraction of sp³-hybridized carbons (Fsp3) is 0.263. The molecule has 0 aliphatic heterocycles. The van der Waals surface area contributed by atoms with Crippen LogP contribution in [0.5, 0.6) is 5.75 Å². The normalized spacial score (nSPS) is 12.6. The Kier molecular flexibility index (Phi) is 8.00. The zero-order valence-corrected chi connectivity index (χ0v) is 15.7. The third kappa shape index (κ3) is 6.69. The Balaban J connectivity index is 1.96. The van der Waals surface area contributed by atoms with Crippen molar-refractivity contribution in [2.75, 3.05) is 12.4 Å². The van der Waals surface area contributed by atoms with E-state index in [9.17, 15) is 9.59 Å². The summed E-state index contributed by atoms with van der Waals surface area (Å²) >= 11 is 0. The van der Waals surface area contributed by atoms with Crippen molar-refractivity contribution in [3.05, 3.63) is 60.2 Å². The van der Waals surface area contributed by atoms with Crippen LogP contribution in [0.1, 0.15) is 12.5 Å². The minimum atomic E-state index is -2.06. The van der Waals surface area contributed by atoms with Crippen LogP contribution in [-0.2, 0) is 20.7 Å². The molecule has 8 nitrogen and oxygen atoms in total. The number of hydrogen-bond donors (Lipinski definition) is 4. The Morgan fingerprint density at radius 3 is 2.25 bits per heavy atom. The van der Waals surface area contributed by atoms with Crippen molar-refractivity contribution >= 4 is 24.8 Å². The molecule has 0 heterocycles. The van der Waals surface area contributed by atoms with Gasteiger partial charge in [-0.2, -0.15) is 0 Å². The van der Waals surface area contributed by atoms with Crippen LogP contribution in [0, 0.1) is 5.92 Å². The second kappa shape index (κ2) is 10.5. The van der Waals surface area contributed by atoms with Gasteiger partial charge in [-0.25, -0.2) is 0 Å². The number of rotatable bonds is 9. The molecule has 0 saturated heterocycles. The molecule has 0 fully saturated rings. The van der Waals surface area contributed by atoms with Crippen LogP contribution in [0.4, 0.5) is 5.69 Å². The molecule has 1 unspecified atom stereocenters. The quantitative estimate of drug-likeness (QED) is 0.290. The molecule has 9 heteroatoms. The van der Waals surface area contributed by atoms with Gasteiger partial charge in [0, 0.05) is 12.1 Å². The van der Waals surface area contributed by atoms with E-state index < -0.39 is 31.3 Å². The smallest absolute Gasteiger partial charge is 0.497 e. The summed E-state index contributed by atoms with van der Waals surface area (Å²) in [6.07, 6.45) is -0.803. The second-order valence-electron chi connectivity index (χ2n) is 6.09. The molecule has 2 aromatic rings. The van der Waals surface area contributed by atoms with Gasteiger partial charge in [0.1, 0.15) is 17.9 Å². The molecule has 0 saturated carbocycles. The minimum absolute atomic E-state index is 0.205. The van der Waals surface area contributed by atoms with Crippen molar-refractivity contribution in [1.82, 2.24) is 5.32 Å². The first-order chi connectivity index (χ1) is 13.4. The van der Waals surface area contributed by atoms with Gasteiger partial charge in [-0.15, -0.1) is 0 Å². The number of benzene rings is 2. The van der Waals surface area contributed by atoms with Gasteiger partial charge >= 0.3 is 7.32 Å².